The molecule has 200 valence electrons. The minimum absolute atomic E-state index is 0.141. The van der Waals surface area contributed by atoms with E-state index in [-0.39, 0.29) is 17.9 Å². The number of hydrogen-bond acceptors (Lipinski definition) is 5. The third-order valence-electron chi connectivity index (χ3n) is 8.47. The maximum Gasteiger partial charge on any atom is 0.411 e. The number of amides is 1. The van der Waals surface area contributed by atoms with Gasteiger partial charge in [-0.25, -0.2) is 4.79 Å². The Hall–Kier alpha value is -3.58. The van der Waals surface area contributed by atoms with Crippen LogP contribution in [0.25, 0.3) is 0 Å². The average molecular weight is 544 g/mol. The molecule has 39 heavy (non-hydrogen) atoms. The first-order valence-corrected chi connectivity index (χ1v) is 13.5. The fourth-order valence-electron chi connectivity index (χ4n) is 6.56. The average Bonchev–Trinajstić information content (AvgIpc) is 3.33. The number of fused-ring (bicyclic) bond motifs is 3. The van der Waals surface area contributed by atoms with E-state index < -0.39 is 23.4 Å². The molecule has 3 aliphatic rings. The predicted octanol–water partition coefficient (Wildman–Crippen LogP) is 6.47. The lowest BCUT2D eigenvalue weighted by molar-refractivity contribution is -0.165. The zero-order chi connectivity index (χ0) is 27.3. The third-order valence-corrected chi connectivity index (χ3v) is 8.72. The lowest BCUT2D eigenvalue weighted by Gasteiger charge is -2.46. The van der Waals surface area contributed by atoms with E-state index in [1.165, 1.54) is 0 Å². The largest absolute Gasteiger partial charge is 0.478 e. The number of hydrogen-bond donors (Lipinski definition) is 3. The van der Waals surface area contributed by atoms with E-state index in [2.05, 4.69) is 24.4 Å². The molecule has 1 saturated carbocycles. The molecule has 7 heteroatoms. The minimum atomic E-state index is -1.72. The highest BCUT2D eigenvalue weighted by molar-refractivity contribution is 6.30. The zero-order valence-corrected chi connectivity index (χ0v) is 22.3. The van der Waals surface area contributed by atoms with Crippen molar-refractivity contribution < 1.29 is 24.5 Å². The normalized spacial score (nSPS) is 30.4. The van der Waals surface area contributed by atoms with Crippen molar-refractivity contribution in [1.29, 1.82) is 0 Å². The van der Waals surface area contributed by atoms with Gasteiger partial charge in [-0.2, -0.15) is 0 Å². The number of carbonyl (C=O) groups excluding carboxylic acids is 1. The van der Waals surface area contributed by atoms with Crippen LogP contribution < -0.4 is 10.1 Å². The number of nitrogens with one attached hydrogen (secondary N) is 1. The fourth-order valence-corrected chi connectivity index (χ4v) is 6.69. The summed E-state index contributed by atoms with van der Waals surface area (Å²) in [5.41, 5.74) is -0.835. The maximum absolute atomic E-state index is 12.5. The van der Waals surface area contributed by atoms with E-state index in [0.717, 1.165) is 17.5 Å². The second-order valence-corrected chi connectivity index (χ2v) is 11.2. The number of allylic oxidation sites excluding steroid dienone is 4. The van der Waals surface area contributed by atoms with Gasteiger partial charge in [0, 0.05) is 28.3 Å². The van der Waals surface area contributed by atoms with Gasteiger partial charge in [-0.1, -0.05) is 91.4 Å². The number of aliphatic hydroxyl groups is 2. The van der Waals surface area contributed by atoms with Crippen LogP contribution in [0, 0.1) is 11.3 Å². The van der Waals surface area contributed by atoms with Gasteiger partial charge in [0.2, 0.25) is 0 Å². The lowest BCUT2D eigenvalue weighted by Crippen LogP contribution is -2.55. The summed E-state index contributed by atoms with van der Waals surface area (Å²) in [4.78, 5) is 12.5. The summed E-state index contributed by atoms with van der Waals surface area (Å²) in [6, 6.07) is 21.8. The molecule has 0 spiro atoms. The Morgan fingerprint density at radius 1 is 1.10 bits per heavy atom. The molecule has 6 nitrogen and oxygen atoms in total. The van der Waals surface area contributed by atoms with Crippen LogP contribution in [0.4, 0.5) is 10.5 Å². The number of ether oxygens (including phenoxy) is 2. The van der Waals surface area contributed by atoms with Crippen molar-refractivity contribution in [3.8, 4) is 5.75 Å². The SMILES string of the molecule is CC1([C@@H]2C[C@H](O)[C@@]3(O)c4ccc(NC(=O)OCc5ccccc5)cc4O[C@@]23c2ccc(Cl)cc2)C=CC=CC1. The molecule has 1 unspecified atom stereocenters. The van der Waals surface area contributed by atoms with Crippen molar-refractivity contribution >= 4 is 23.4 Å². The van der Waals surface area contributed by atoms with Crippen LogP contribution in [0.2, 0.25) is 5.02 Å². The van der Waals surface area contributed by atoms with Gasteiger partial charge in [0.15, 0.2) is 11.2 Å². The number of halogens is 1. The maximum atomic E-state index is 12.5. The van der Waals surface area contributed by atoms with Gasteiger partial charge in [0.1, 0.15) is 12.4 Å². The minimum Gasteiger partial charge on any atom is -0.478 e. The quantitative estimate of drug-likeness (QED) is 0.343. The van der Waals surface area contributed by atoms with Crippen molar-refractivity contribution in [2.45, 2.75) is 43.7 Å². The first-order valence-electron chi connectivity index (χ1n) is 13.1. The van der Waals surface area contributed by atoms with Crippen molar-refractivity contribution in [2.75, 3.05) is 5.32 Å². The van der Waals surface area contributed by atoms with Gasteiger partial charge >= 0.3 is 6.09 Å². The van der Waals surface area contributed by atoms with Crippen molar-refractivity contribution in [3.05, 3.63) is 119 Å². The molecule has 5 atom stereocenters. The highest BCUT2D eigenvalue weighted by Crippen LogP contribution is 2.68. The molecule has 3 aromatic rings. The molecule has 0 saturated heterocycles. The molecular formula is C32H30ClNO5. The van der Waals surface area contributed by atoms with Crippen LogP contribution in [0.5, 0.6) is 5.75 Å². The van der Waals surface area contributed by atoms with Gasteiger partial charge < -0.3 is 19.7 Å². The predicted molar refractivity (Wildman–Crippen MR) is 149 cm³/mol. The van der Waals surface area contributed by atoms with Crippen LogP contribution in [-0.4, -0.2) is 22.4 Å². The van der Waals surface area contributed by atoms with Crippen LogP contribution >= 0.6 is 11.6 Å². The van der Waals surface area contributed by atoms with Crippen molar-refractivity contribution in [1.82, 2.24) is 0 Å². The molecule has 1 aliphatic heterocycles. The van der Waals surface area contributed by atoms with Gasteiger partial charge in [0.05, 0.1) is 6.10 Å². The summed E-state index contributed by atoms with van der Waals surface area (Å²) in [5, 5.41) is 27.3. The molecule has 1 fully saturated rings. The van der Waals surface area contributed by atoms with E-state index in [9.17, 15) is 15.0 Å². The number of anilines is 1. The molecule has 6 rings (SSSR count). The molecule has 0 bridgehead atoms. The van der Waals surface area contributed by atoms with E-state index in [0.29, 0.717) is 28.4 Å². The summed E-state index contributed by atoms with van der Waals surface area (Å²) >= 11 is 6.23. The van der Waals surface area contributed by atoms with E-state index >= 15 is 0 Å². The summed E-state index contributed by atoms with van der Waals surface area (Å²) in [6.45, 7) is 2.28. The third kappa shape index (κ3) is 4.06. The molecule has 3 aromatic carbocycles. The Balaban J connectivity index is 1.36. The first kappa shape index (κ1) is 25.7. The number of aliphatic hydroxyl groups excluding tert-OH is 1. The molecule has 2 aliphatic carbocycles. The standard InChI is InChI=1S/C32H30ClNO5/c1-30(16-6-3-7-17-30)27-19-28(35)31(37)25-15-14-24(34-29(36)38-20-21-8-4-2-5-9-21)18-26(25)39-32(27,31)22-10-12-23(33)13-11-22/h2-16,18,27-28,35,37H,17,19-20H2,1H3,(H,34,36)/t27-,28-,30?,31-,32-/m0/s1. The van der Waals surface area contributed by atoms with E-state index in [1.807, 2.05) is 54.6 Å². The Labute approximate surface area is 232 Å². The second-order valence-electron chi connectivity index (χ2n) is 10.8. The Kier molecular flexibility index (Phi) is 6.29. The summed E-state index contributed by atoms with van der Waals surface area (Å²) in [6.07, 6.45) is 7.66. The molecule has 0 radical (unpaired) electrons. The van der Waals surface area contributed by atoms with Crippen LogP contribution in [0.15, 0.2) is 97.1 Å². The highest BCUT2D eigenvalue weighted by Gasteiger charge is 2.74. The van der Waals surface area contributed by atoms with E-state index in [1.54, 1.807) is 30.3 Å². The molecule has 0 aromatic heterocycles. The van der Waals surface area contributed by atoms with Gasteiger partial charge in [-0.15, -0.1) is 0 Å². The van der Waals surface area contributed by atoms with Gasteiger partial charge in [-0.3, -0.25) is 5.32 Å². The van der Waals surface area contributed by atoms with Crippen molar-refractivity contribution in [3.63, 3.8) is 0 Å². The molecule has 1 amide bonds. The van der Waals surface area contributed by atoms with Gasteiger partial charge in [0.25, 0.3) is 0 Å². The number of rotatable bonds is 5. The smallest absolute Gasteiger partial charge is 0.411 e. The summed E-state index contributed by atoms with van der Waals surface area (Å²) < 4.78 is 12.2. The summed E-state index contributed by atoms with van der Waals surface area (Å²) in [5.74, 6) is 0.128. The number of benzene rings is 3. The molecular weight excluding hydrogens is 514 g/mol. The summed E-state index contributed by atoms with van der Waals surface area (Å²) in [7, 11) is 0. The molecule has 3 N–H and O–H groups in total. The molecule has 1 heterocycles. The van der Waals surface area contributed by atoms with Crippen LogP contribution in [-0.2, 0) is 22.5 Å². The van der Waals surface area contributed by atoms with E-state index in [4.69, 9.17) is 21.1 Å². The van der Waals surface area contributed by atoms with Crippen LogP contribution in [0.1, 0.15) is 36.5 Å². The monoisotopic (exact) mass is 543 g/mol. The van der Waals surface area contributed by atoms with Gasteiger partial charge in [-0.05, 0) is 47.6 Å². The number of carbonyl (C=O) groups is 1. The Morgan fingerprint density at radius 2 is 1.87 bits per heavy atom. The zero-order valence-electron chi connectivity index (χ0n) is 21.5. The first-order chi connectivity index (χ1) is 18.8. The Morgan fingerprint density at radius 3 is 2.59 bits per heavy atom. The second kappa shape index (κ2) is 9.56. The Bertz CT molecular complexity index is 1460. The fraction of sp³-hybridized carbons (Fsp3) is 0.281. The van der Waals surface area contributed by atoms with Crippen molar-refractivity contribution in [2.24, 2.45) is 11.3 Å². The topological polar surface area (TPSA) is 88.0 Å². The lowest BCUT2D eigenvalue weighted by atomic mass is 9.62. The van der Waals surface area contributed by atoms with Crippen LogP contribution in [0.3, 0.4) is 0 Å². The highest BCUT2D eigenvalue weighted by atomic mass is 35.5.